The van der Waals surface area contributed by atoms with Gasteiger partial charge in [-0.05, 0) is 60.5 Å². The highest BCUT2D eigenvalue weighted by Crippen LogP contribution is 2.31. The third-order valence-electron chi connectivity index (χ3n) is 4.09. The van der Waals surface area contributed by atoms with E-state index in [1.165, 1.54) is 36.9 Å². The molecule has 0 N–H and O–H groups in total. The average Bonchev–Trinajstić information content (AvgIpc) is 2.74. The van der Waals surface area contributed by atoms with Crippen molar-refractivity contribution in [2.45, 2.75) is 24.9 Å². The number of esters is 1. The average molecular weight is 465 g/mol. The summed E-state index contributed by atoms with van der Waals surface area (Å²) in [6.45, 7) is 3.74. The lowest BCUT2D eigenvalue weighted by Gasteiger charge is -2.12. The van der Waals surface area contributed by atoms with Crippen molar-refractivity contribution in [3.8, 4) is 17.6 Å². The molecule has 0 spiro atoms. The molecule has 0 aliphatic heterocycles. The molecule has 170 valence electrons. The van der Waals surface area contributed by atoms with Crippen LogP contribution in [-0.4, -0.2) is 31.5 Å². The van der Waals surface area contributed by atoms with E-state index in [1.807, 2.05) is 31.2 Å². The molecular formula is C23H22F3NO4S. The zero-order valence-electron chi connectivity index (χ0n) is 17.6. The Morgan fingerprint density at radius 1 is 1.12 bits per heavy atom. The summed E-state index contributed by atoms with van der Waals surface area (Å²) < 4.78 is 53.9. The fourth-order valence-electron chi connectivity index (χ4n) is 2.52. The van der Waals surface area contributed by atoms with Crippen LogP contribution in [-0.2, 0) is 15.7 Å². The van der Waals surface area contributed by atoms with Gasteiger partial charge in [0.25, 0.3) is 0 Å². The molecule has 0 radical (unpaired) electrons. The van der Waals surface area contributed by atoms with Gasteiger partial charge in [0, 0.05) is 23.6 Å². The van der Waals surface area contributed by atoms with Crippen molar-refractivity contribution in [2.24, 2.45) is 0 Å². The minimum absolute atomic E-state index is 0.0856. The van der Waals surface area contributed by atoms with Gasteiger partial charge in [0.05, 0.1) is 11.6 Å². The van der Waals surface area contributed by atoms with Crippen molar-refractivity contribution >= 4 is 17.7 Å². The highest BCUT2D eigenvalue weighted by Gasteiger charge is 2.30. The molecule has 0 unspecified atom stereocenters. The number of aryl methyl sites for hydroxylation is 1. The van der Waals surface area contributed by atoms with Gasteiger partial charge in [-0.2, -0.15) is 18.4 Å². The summed E-state index contributed by atoms with van der Waals surface area (Å²) in [6, 6.07) is 12.0. The Morgan fingerprint density at radius 2 is 1.84 bits per heavy atom. The first-order valence-corrected chi connectivity index (χ1v) is 10.5. The standard InChI is InChI=1S/C23H22F3NO4S/c1-16-13-21(7-8-22(16)30-12-11-29-17(2)28)32-15-18(9-10-27)14-31-20-5-3-19(4-6-20)23(24,25)26/h3-9,13H,11-12,14-15H2,1-2H3. The maximum Gasteiger partial charge on any atom is 0.416 e. The summed E-state index contributed by atoms with van der Waals surface area (Å²) in [5.74, 6) is 1.08. The van der Waals surface area contributed by atoms with Gasteiger partial charge in [0.1, 0.15) is 31.3 Å². The lowest BCUT2D eigenvalue weighted by molar-refractivity contribution is -0.141. The molecule has 5 nitrogen and oxygen atoms in total. The number of carbonyl (C=O) groups is 1. The summed E-state index contributed by atoms with van der Waals surface area (Å²) in [6.07, 6.45) is -3.03. The monoisotopic (exact) mass is 465 g/mol. The van der Waals surface area contributed by atoms with Crippen LogP contribution in [0.4, 0.5) is 13.2 Å². The molecule has 2 aromatic rings. The van der Waals surface area contributed by atoms with E-state index in [4.69, 9.17) is 19.5 Å². The summed E-state index contributed by atoms with van der Waals surface area (Å²) in [4.78, 5) is 11.7. The van der Waals surface area contributed by atoms with Gasteiger partial charge in [0.2, 0.25) is 0 Å². The van der Waals surface area contributed by atoms with Gasteiger partial charge in [0.15, 0.2) is 0 Å². The number of nitrogens with zero attached hydrogens (tertiary/aromatic N) is 1. The van der Waals surface area contributed by atoms with E-state index in [0.29, 0.717) is 17.1 Å². The minimum atomic E-state index is -4.40. The fraction of sp³-hybridized carbons (Fsp3) is 0.304. The number of benzene rings is 2. The van der Waals surface area contributed by atoms with Crippen LogP contribution in [0.3, 0.4) is 0 Å². The quantitative estimate of drug-likeness (QED) is 0.198. The number of allylic oxidation sites excluding steroid dienone is 1. The second-order valence-electron chi connectivity index (χ2n) is 6.65. The first-order valence-electron chi connectivity index (χ1n) is 9.56. The van der Waals surface area contributed by atoms with E-state index in [2.05, 4.69) is 0 Å². The van der Waals surface area contributed by atoms with Crippen LogP contribution in [0.5, 0.6) is 11.5 Å². The van der Waals surface area contributed by atoms with Crippen LogP contribution in [0.1, 0.15) is 18.1 Å². The third-order valence-corrected chi connectivity index (χ3v) is 5.19. The Labute approximate surface area is 188 Å². The molecule has 0 fully saturated rings. The van der Waals surface area contributed by atoms with Crippen molar-refractivity contribution in [1.29, 1.82) is 5.26 Å². The Kier molecular flexibility index (Phi) is 9.47. The number of hydrogen-bond donors (Lipinski definition) is 0. The van der Waals surface area contributed by atoms with Crippen LogP contribution in [0.15, 0.2) is 59.0 Å². The van der Waals surface area contributed by atoms with E-state index in [0.717, 1.165) is 22.6 Å². The number of thioether (sulfide) groups is 1. The molecule has 9 heteroatoms. The SMILES string of the molecule is CC(=O)OCCOc1ccc(SCC(=CC#N)COc2ccc(C(F)(F)F)cc2)cc1C. The number of carbonyl (C=O) groups excluding carboxylic acids is 1. The topological polar surface area (TPSA) is 68.5 Å². The third kappa shape index (κ3) is 8.55. The van der Waals surface area contributed by atoms with Crippen molar-refractivity contribution in [1.82, 2.24) is 0 Å². The number of nitriles is 1. The highest BCUT2D eigenvalue weighted by molar-refractivity contribution is 7.99. The normalized spacial score (nSPS) is 11.6. The second kappa shape index (κ2) is 12.1. The van der Waals surface area contributed by atoms with E-state index in [-0.39, 0.29) is 31.5 Å². The summed E-state index contributed by atoms with van der Waals surface area (Å²) in [7, 11) is 0. The Balaban J connectivity index is 1.88. The van der Waals surface area contributed by atoms with Crippen molar-refractivity contribution in [3.63, 3.8) is 0 Å². The molecule has 32 heavy (non-hydrogen) atoms. The lowest BCUT2D eigenvalue weighted by atomic mass is 10.2. The van der Waals surface area contributed by atoms with E-state index in [1.54, 1.807) is 0 Å². The molecule has 0 aliphatic carbocycles. The van der Waals surface area contributed by atoms with Crippen LogP contribution < -0.4 is 9.47 Å². The van der Waals surface area contributed by atoms with E-state index in [9.17, 15) is 18.0 Å². The molecule has 0 atom stereocenters. The zero-order valence-corrected chi connectivity index (χ0v) is 18.4. The molecule has 0 aliphatic rings. The number of hydrogen-bond acceptors (Lipinski definition) is 6. The number of ether oxygens (including phenoxy) is 3. The van der Waals surface area contributed by atoms with Crippen LogP contribution >= 0.6 is 11.8 Å². The van der Waals surface area contributed by atoms with Gasteiger partial charge in [-0.25, -0.2) is 0 Å². The highest BCUT2D eigenvalue weighted by atomic mass is 32.2. The van der Waals surface area contributed by atoms with Crippen molar-refractivity contribution in [2.75, 3.05) is 25.6 Å². The zero-order chi connectivity index (χ0) is 23.6. The molecule has 2 aromatic carbocycles. The van der Waals surface area contributed by atoms with Crippen molar-refractivity contribution < 1.29 is 32.2 Å². The maximum absolute atomic E-state index is 12.6. The molecule has 0 heterocycles. The number of alkyl halides is 3. The first kappa shape index (κ1) is 25.1. The molecular weight excluding hydrogens is 443 g/mol. The van der Waals surface area contributed by atoms with Gasteiger partial charge in [-0.15, -0.1) is 11.8 Å². The fourth-order valence-corrected chi connectivity index (χ4v) is 3.46. The molecule has 0 aromatic heterocycles. The maximum atomic E-state index is 12.6. The van der Waals surface area contributed by atoms with E-state index < -0.39 is 11.7 Å². The van der Waals surface area contributed by atoms with Gasteiger partial charge >= 0.3 is 12.1 Å². The smallest absolute Gasteiger partial charge is 0.416 e. The summed E-state index contributed by atoms with van der Waals surface area (Å²) in [5, 5.41) is 9.01. The largest absolute Gasteiger partial charge is 0.490 e. The molecule has 2 rings (SSSR count). The first-order chi connectivity index (χ1) is 15.2. The lowest BCUT2D eigenvalue weighted by Crippen LogP contribution is -2.10. The Bertz CT molecular complexity index is 982. The second-order valence-corrected chi connectivity index (χ2v) is 7.70. The van der Waals surface area contributed by atoms with Crippen LogP contribution in [0.2, 0.25) is 0 Å². The predicted octanol–water partition coefficient (Wildman–Crippen LogP) is 5.58. The van der Waals surface area contributed by atoms with Gasteiger partial charge in [-0.1, -0.05) is 0 Å². The minimum Gasteiger partial charge on any atom is -0.490 e. The van der Waals surface area contributed by atoms with Crippen molar-refractivity contribution in [3.05, 3.63) is 65.2 Å². The van der Waals surface area contributed by atoms with Crippen LogP contribution in [0.25, 0.3) is 0 Å². The Morgan fingerprint density at radius 3 is 2.44 bits per heavy atom. The summed E-state index contributed by atoms with van der Waals surface area (Å²) in [5.41, 5.74) is 0.851. The number of halogens is 3. The van der Waals surface area contributed by atoms with Gasteiger partial charge < -0.3 is 14.2 Å². The summed E-state index contributed by atoms with van der Waals surface area (Å²) >= 11 is 1.49. The predicted molar refractivity (Wildman–Crippen MR) is 115 cm³/mol. The van der Waals surface area contributed by atoms with Gasteiger partial charge in [-0.3, -0.25) is 4.79 Å². The molecule has 0 saturated carbocycles. The molecule has 0 saturated heterocycles. The van der Waals surface area contributed by atoms with Crippen LogP contribution in [0, 0.1) is 18.3 Å². The Hall–Kier alpha value is -3.12. The molecule has 0 bridgehead atoms. The van der Waals surface area contributed by atoms with E-state index >= 15 is 0 Å². The molecule has 0 amide bonds. The number of rotatable bonds is 10.